The Morgan fingerprint density at radius 3 is 2.45 bits per heavy atom. The Morgan fingerprint density at radius 1 is 1.03 bits per heavy atom. The summed E-state index contributed by atoms with van der Waals surface area (Å²) in [5.41, 5.74) is 4.00. The van der Waals surface area contributed by atoms with Crippen molar-refractivity contribution in [3.8, 4) is 11.1 Å². The van der Waals surface area contributed by atoms with Crippen molar-refractivity contribution < 1.29 is 13.9 Å². The third kappa shape index (κ3) is 5.22. The van der Waals surface area contributed by atoms with Crippen LogP contribution in [0.25, 0.3) is 11.1 Å². The lowest BCUT2D eigenvalue weighted by Gasteiger charge is -2.36. The molecule has 3 aromatic rings. The number of pyridine rings is 1. The number of carbonyl (C=O) groups excluding carboxylic acids is 1. The number of carbonyl (C=O) groups is 1. The highest BCUT2D eigenvalue weighted by molar-refractivity contribution is 6.02. The summed E-state index contributed by atoms with van der Waals surface area (Å²) in [6, 6.07) is 17.0. The van der Waals surface area contributed by atoms with Crippen molar-refractivity contribution in [1.29, 1.82) is 0 Å². The minimum atomic E-state index is -0.357. The zero-order valence-electron chi connectivity index (χ0n) is 19.4. The first-order valence-corrected chi connectivity index (χ1v) is 11.4. The molecule has 0 aliphatic carbocycles. The van der Waals surface area contributed by atoms with E-state index in [1.165, 1.54) is 6.07 Å². The Morgan fingerprint density at radius 2 is 1.76 bits per heavy atom. The number of nitrogens with zero attached hydrogens (tertiary/aromatic N) is 3. The Labute approximate surface area is 194 Å². The average molecular weight is 448 g/mol. The van der Waals surface area contributed by atoms with Gasteiger partial charge < -0.3 is 9.64 Å². The lowest BCUT2D eigenvalue weighted by molar-refractivity contribution is 0.0379. The second-order valence-corrected chi connectivity index (χ2v) is 8.66. The maximum absolute atomic E-state index is 13.9. The van der Waals surface area contributed by atoms with Crippen molar-refractivity contribution >= 4 is 11.8 Å². The number of ether oxygens (including phenoxy) is 1. The molecule has 0 N–H and O–H groups in total. The van der Waals surface area contributed by atoms with Crippen LogP contribution in [0.15, 0.2) is 60.8 Å². The molecular formula is C27H30FN3O2. The minimum absolute atomic E-state index is 0.165. The first-order valence-electron chi connectivity index (χ1n) is 11.4. The van der Waals surface area contributed by atoms with Gasteiger partial charge in [-0.1, -0.05) is 42.5 Å². The summed E-state index contributed by atoms with van der Waals surface area (Å²) < 4.78 is 19.5. The van der Waals surface area contributed by atoms with Crippen LogP contribution in [-0.2, 0) is 11.3 Å². The lowest BCUT2D eigenvalue weighted by atomic mass is 10.00. The van der Waals surface area contributed by atoms with Gasteiger partial charge in [-0.05, 0) is 49.6 Å². The maximum atomic E-state index is 13.9. The van der Waals surface area contributed by atoms with Gasteiger partial charge in [-0.15, -0.1) is 0 Å². The molecule has 2 aromatic carbocycles. The molecule has 0 spiro atoms. The van der Waals surface area contributed by atoms with E-state index in [0.717, 1.165) is 42.9 Å². The van der Waals surface area contributed by atoms with Crippen LogP contribution in [0.3, 0.4) is 0 Å². The van der Waals surface area contributed by atoms with Crippen molar-refractivity contribution in [3.05, 3.63) is 83.3 Å². The molecule has 0 amide bonds. The van der Waals surface area contributed by atoms with Gasteiger partial charge in [0.1, 0.15) is 17.2 Å². The SMILES string of the molecule is Cc1c(F)cccc1CN1CCN(c2nccc(-c3ccccc3)c2C(=O)OC(C)C)CC1. The number of hydrogen-bond acceptors (Lipinski definition) is 5. The fourth-order valence-electron chi connectivity index (χ4n) is 4.21. The molecule has 0 radical (unpaired) electrons. The molecule has 1 saturated heterocycles. The third-order valence-corrected chi connectivity index (χ3v) is 6.01. The largest absolute Gasteiger partial charge is 0.459 e. The molecule has 172 valence electrons. The molecule has 2 heterocycles. The van der Waals surface area contributed by atoms with E-state index in [4.69, 9.17) is 4.74 Å². The number of halogens is 1. The van der Waals surface area contributed by atoms with Gasteiger partial charge in [0.25, 0.3) is 0 Å². The standard InChI is InChI=1S/C27H30FN3O2/c1-19(2)33-27(32)25-23(21-8-5-4-6-9-21)12-13-29-26(25)31-16-14-30(15-17-31)18-22-10-7-11-24(28)20(22)3/h4-13,19H,14-18H2,1-3H3. The molecule has 4 rings (SSSR count). The Kier molecular flexibility index (Phi) is 7.04. The van der Waals surface area contributed by atoms with Gasteiger partial charge in [0, 0.05) is 44.5 Å². The van der Waals surface area contributed by atoms with E-state index < -0.39 is 0 Å². The Balaban J connectivity index is 1.58. The third-order valence-electron chi connectivity index (χ3n) is 6.01. The average Bonchev–Trinajstić information content (AvgIpc) is 2.82. The van der Waals surface area contributed by atoms with Crippen LogP contribution < -0.4 is 4.90 Å². The molecule has 1 aliphatic heterocycles. The molecule has 0 saturated carbocycles. The molecule has 1 aliphatic rings. The smallest absolute Gasteiger partial charge is 0.342 e. The fourth-order valence-corrected chi connectivity index (χ4v) is 4.21. The van der Waals surface area contributed by atoms with Crippen molar-refractivity contribution in [2.24, 2.45) is 0 Å². The van der Waals surface area contributed by atoms with E-state index in [2.05, 4.69) is 14.8 Å². The number of hydrogen-bond donors (Lipinski definition) is 0. The summed E-state index contributed by atoms with van der Waals surface area (Å²) in [5, 5.41) is 0. The predicted molar refractivity (Wildman–Crippen MR) is 129 cm³/mol. The van der Waals surface area contributed by atoms with Crippen LogP contribution in [-0.4, -0.2) is 48.1 Å². The normalized spacial score (nSPS) is 14.5. The molecule has 0 unspecified atom stereocenters. The quantitative estimate of drug-likeness (QED) is 0.493. The topological polar surface area (TPSA) is 45.7 Å². The van der Waals surface area contributed by atoms with Gasteiger partial charge in [0.05, 0.1) is 6.10 Å². The van der Waals surface area contributed by atoms with E-state index in [1.807, 2.05) is 63.2 Å². The van der Waals surface area contributed by atoms with Crippen LogP contribution in [0.4, 0.5) is 10.2 Å². The first kappa shape index (κ1) is 22.9. The second kappa shape index (κ2) is 10.1. The second-order valence-electron chi connectivity index (χ2n) is 8.66. The van der Waals surface area contributed by atoms with Crippen molar-refractivity contribution in [2.45, 2.75) is 33.4 Å². The highest BCUT2D eigenvalue weighted by Gasteiger charge is 2.27. The summed E-state index contributed by atoms with van der Waals surface area (Å²) in [6.07, 6.45) is 1.53. The molecule has 33 heavy (non-hydrogen) atoms. The van der Waals surface area contributed by atoms with Crippen LogP contribution >= 0.6 is 0 Å². The number of piperazine rings is 1. The first-order chi connectivity index (χ1) is 15.9. The molecule has 1 fully saturated rings. The van der Waals surface area contributed by atoms with Gasteiger partial charge in [-0.25, -0.2) is 14.2 Å². The molecule has 5 nitrogen and oxygen atoms in total. The summed E-state index contributed by atoms with van der Waals surface area (Å²) in [7, 11) is 0. The Bertz CT molecular complexity index is 1110. The summed E-state index contributed by atoms with van der Waals surface area (Å²) in [4.78, 5) is 22.2. The number of anilines is 1. The van der Waals surface area contributed by atoms with Crippen molar-refractivity contribution in [2.75, 3.05) is 31.1 Å². The minimum Gasteiger partial charge on any atom is -0.459 e. The molecule has 6 heteroatoms. The summed E-state index contributed by atoms with van der Waals surface area (Å²) >= 11 is 0. The number of aromatic nitrogens is 1. The van der Waals surface area contributed by atoms with Gasteiger partial charge in [-0.2, -0.15) is 0 Å². The fraction of sp³-hybridized carbons (Fsp3) is 0.333. The maximum Gasteiger partial charge on any atom is 0.342 e. The van der Waals surface area contributed by atoms with Crippen LogP contribution in [0.2, 0.25) is 0 Å². The zero-order valence-corrected chi connectivity index (χ0v) is 19.4. The van der Waals surface area contributed by atoms with E-state index in [-0.39, 0.29) is 17.9 Å². The summed E-state index contributed by atoms with van der Waals surface area (Å²) in [6.45, 7) is 9.27. The van der Waals surface area contributed by atoms with E-state index in [0.29, 0.717) is 23.5 Å². The van der Waals surface area contributed by atoms with E-state index >= 15 is 0 Å². The van der Waals surface area contributed by atoms with E-state index in [1.54, 1.807) is 12.3 Å². The summed E-state index contributed by atoms with van der Waals surface area (Å²) in [5.74, 6) is 0.134. The number of rotatable bonds is 6. The molecule has 0 atom stereocenters. The Hall–Kier alpha value is -3.25. The highest BCUT2D eigenvalue weighted by atomic mass is 19.1. The van der Waals surface area contributed by atoms with Gasteiger partial charge in [0.15, 0.2) is 0 Å². The number of esters is 1. The van der Waals surface area contributed by atoms with Gasteiger partial charge >= 0.3 is 5.97 Å². The number of benzene rings is 2. The van der Waals surface area contributed by atoms with Crippen LogP contribution in [0.1, 0.15) is 35.3 Å². The van der Waals surface area contributed by atoms with Gasteiger partial charge in [0.2, 0.25) is 0 Å². The zero-order chi connectivity index (χ0) is 23.4. The van der Waals surface area contributed by atoms with E-state index in [9.17, 15) is 9.18 Å². The van der Waals surface area contributed by atoms with Crippen molar-refractivity contribution in [1.82, 2.24) is 9.88 Å². The molecular weight excluding hydrogens is 417 g/mol. The monoisotopic (exact) mass is 447 g/mol. The van der Waals surface area contributed by atoms with Crippen molar-refractivity contribution in [3.63, 3.8) is 0 Å². The lowest BCUT2D eigenvalue weighted by Crippen LogP contribution is -2.46. The van der Waals surface area contributed by atoms with Gasteiger partial charge in [-0.3, -0.25) is 4.90 Å². The molecule has 0 bridgehead atoms. The van der Waals surface area contributed by atoms with Crippen LogP contribution in [0.5, 0.6) is 0 Å². The molecule has 1 aromatic heterocycles. The predicted octanol–water partition coefficient (Wildman–Crippen LogP) is 5.08. The highest BCUT2D eigenvalue weighted by Crippen LogP contribution is 2.31. The van der Waals surface area contributed by atoms with Crippen LogP contribution in [0, 0.1) is 12.7 Å².